The quantitative estimate of drug-likeness (QED) is 0.892. The minimum absolute atomic E-state index is 0.193. The summed E-state index contributed by atoms with van der Waals surface area (Å²) in [5.41, 5.74) is 0.230. The van der Waals surface area contributed by atoms with E-state index < -0.39 is 6.04 Å². The largest absolute Gasteiger partial charge is 0.377 e. The molecule has 0 radical (unpaired) electrons. The highest BCUT2D eigenvalue weighted by atomic mass is 35.5. The number of ether oxygens (including phenoxy) is 1. The summed E-state index contributed by atoms with van der Waals surface area (Å²) >= 11 is 5.86. The topological polar surface area (TPSA) is 71.5 Å². The molecule has 2 rings (SSSR count). The SMILES string of the molecule is CCNC(=O)C1COCCN1C(=O)c1cc(Cl)ccn1. The van der Waals surface area contributed by atoms with Gasteiger partial charge in [-0.25, -0.2) is 0 Å². The van der Waals surface area contributed by atoms with Crippen molar-refractivity contribution in [2.45, 2.75) is 13.0 Å². The molecule has 0 bridgehead atoms. The summed E-state index contributed by atoms with van der Waals surface area (Å²) in [6.45, 7) is 3.29. The summed E-state index contributed by atoms with van der Waals surface area (Å²) < 4.78 is 5.29. The lowest BCUT2D eigenvalue weighted by molar-refractivity contribution is -0.130. The van der Waals surface area contributed by atoms with Crippen LogP contribution < -0.4 is 5.32 Å². The predicted molar refractivity (Wildman–Crippen MR) is 73.6 cm³/mol. The molecule has 0 spiro atoms. The summed E-state index contributed by atoms with van der Waals surface area (Å²) in [6.07, 6.45) is 1.47. The number of halogens is 1. The van der Waals surface area contributed by atoms with Gasteiger partial charge >= 0.3 is 0 Å². The Kier molecular flexibility index (Phi) is 4.92. The van der Waals surface area contributed by atoms with Crippen molar-refractivity contribution in [3.8, 4) is 0 Å². The maximum absolute atomic E-state index is 12.4. The molecule has 2 amide bonds. The number of carbonyl (C=O) groups is 2. The van der Waals surface area contributed by atoms with Gasteiger partial charge in [0.2, 0.25) is 5.91 Å². The van der Waals surface area contributed by atoms with Crippen LogP contribution in [0.3, 0.4) is 0 Å². The van der Waals surface area contributed by atoms with Gasteiger partial charge in [-0.05, 0) is 19.1 Å². The first kappa shape index (κ1) is 14.7. The van der Waals surface area contributed by atoms with Crippen LogP contribution in [0.2, 0.25) is 5.02 Å². The molecule has 0 saturated carbocycles. The fourth-order valence-corrected chi connectivity index (χ4v) is 2.18. The lowest BCUT2D eigenvalue weighted by Crippen LogP contribution is -2.56. The van der Waals surface area contributed by atoms with E-state index in [1.165, 1.54) is 17.2 Å². The summed E-state index contributed by atoms with van der Waals surface area (Å²) in [5, 5.41) is 3.14. The molecule has 6 nitrogen and oxygen atoms in total. The molecule has 1 N–H and O–H groups in total. The smallest absolute Gasteiger partial charge is 0.273 e. The molecule has 1 aromatic rings. The zero-order valence-corrected chi connectivity index (χ0v) is 11.9. The van der Waals surface area contributed by atoms with Gasteiger partial charge in [-0.1, -0.05) is 11.6 Å². The van der Waals surface area contributed by atoms with E-state index in [4.69, 9.17) is 16.3 Å². The zero-order chi connectivity index (χ0) is 14.5. The average molecular weight is 298 g/mol. The first-order chi connectivity index (χ1) is 9.63. The van der Waals surface area contributed by atoms with E-state index in [1.54, 1.807) is 6.07 Å². The predicted octanol–water partition coefficient (Wildman–Crippen LogP) is 0.712. The first-order valence-electron chi connectivity index (χ1n) is 6.41. The van der Waals surface area contributed by atoms with Crippen molar-refractivity contribution in [1.82, 2.24) is 15.2 Å². The highest BCUT2D eigenvalue weighted by Gasteiger charge is 2.33. The Balaban J connectivity index is 2.19. The Morgan fingerprint density at radius 2 is 2.40 bits per heavy atom. The van der Waals surface area contributed by atoms with Crippen LogP contribution in [0.5, 0.6) is 0 Å². The molecule has 0 aliphatic carbocycles. The monoisotopic (exact) mass is 297 g/mol. The molecule has 1 aliphatic heterocycles. The van der Waals surface area contributed by atoms with Crippen molar-refractivity contribution >= 4 is 23.4 Å². The lowest BCUT2D eigenvalue weighted by atomic mass is 10.2. The number of aromatic nitrogens is 1. The number of hydrogen-bond acceptors (Lipinski definition) is 4. The van der Waals surface area contributed by atoms with Gasteiger partial charge in [-0.2, -0.15) is 0 Å². The zero-order valence-electron chi connectivity index (χ0n) is 11.1. The standard InChI is InChI=1S/C13H16ClN3O3/c1-2-15-12(18)11-8-20-6-5-17(11)13(19)10-7-9(14)3-4-16-10/h3-4,7,11H,2,5-6,8H2,1H3,(H,15,18). The second-order valence-corrected chi connectivity index (χ2v) is 4.78. The normalized spacial score (nSPS) is 18.7. The van der Waals surface area contributed by atoms with Crippen LogP contribution in [0.15, 0.2) is 18.3 Å². The number of morpholine rings is 1. The highest BCUT2D eigenvalue weighted by molar-refractivity contribution is 6.30. The van der Waals surface area contributed by atoms with Gasteiger partial charge in [-0.15, -0.1) is 0 Å². The first-order valence-corrected chi connectivity index (χ1v) is 6.79. The molecule has 1 atom stereocenters. The van der Waals surface area contributed by atoms with E-state index in [9.17, 15) is 9.59 Å². The molecule has 0 aromatic carbocycles. The fraction of sp³-hybridized carbons (Fsp3) is 0.462. The van der Waals surface area contributed by atoms with Crippen molar-refractivity contribution in [2.24, 2.45) is 0 Å². The van der Waals surface area contributed by atoms with Crippen LogP contribution in [0.1, 0.15) is 17.4 Å². The fourth-order valence-electron chi connectivity index (χ4n) is 2.02. The number of hydrogen-bond donors (Lipinski definition) is 1. The van der Waals surface area contributed by atoms with Crippen molar-refractivity contribution < 1.29 is 14.3 Å². The van der Waals surface area contributed by atoms with Crippen LogP contribution in [-0.2, 0) is 9.53 Å². The Labute approximate surface area is 122 Å². The third kappa shape index (κ3) is 3.26. The van der Waals surface area contributed by atoms with Crippen LogP contribution >= 0.6 is 11.6 Å². The van der Waals surface area contributed by atoms with E-state index >= 15 is 0 Å². The molecule has 1 fully saturated rings. The maximum Gasteiger partial charge on any atom is 0.273 e. The van der Waals surface area contributed by atoms with Crippen molar-refractivity contribution in [3.05, 3.63) is 29.0 Å². The maximum atomic E-state index is 12.4. The third-order valence-electron chi connectivity index (χ3n) is 2.98. The summed E-state index contributed by atoms with van der Waals surface area (Å²) in [6, 6.07) is 2.46. The number of amides is 2. The van der Waals surface area contributed by atoms with Gasteiger partial charge in [-0.3, -0.25) is 14.6 Å². The molecule has 1 unspecified atom stereocenters. The average Bonchev–Trinajstić information content (AvgIpc) is 2.47. The molecule has 108 valence electrons. The summed E-state index contributed by atoms with van der Waals surface area (Å²) in [7, 11) is 0. The number of nitrogens with zero attached hydrogens (tertiary/aromatic N) is 2. The van der Waals surface area contributed by atoms with E-state index in [0.29, 0.717) is 24.7 Å². The molecule has 1 aliphatic rings. The Morgan fingerprint density at radius 1 is 1.60 bits per heavy atom. The van der Waals surface area contributed by atoms with Gasteiger partial charge in [0.15, 0.2) is 0 Å². The lowest BCUT2D eigenvalue weighted by Gasteiger charge is -2.34. The summed E-state index contributed by atoms with van der Waals surface area (Å²) in [4.78, 5) is 29.9. The number of rotatable bonds is 3. The van der Waals surface area contributed by atoms with Gasteiger partial charge < -0.3 is 15.0 Å². The Bertz CT molecular complexity index is 509. The van der Waals surface area contributed by atoms with E-state index in [0.717, 1.165) is 0 Å². The van der Waals surface area contributed by atoms with Crippen molar-refractivity contribution in [3.63, 3.8) is 0 Å². The summed E-state index contributed by atoms with van der Waals surface area (Å²) in [5.74, 6) is -0.533. The highest BCUT2D eigenvalue weighted by Crippen LogP contribution is 2.14. The van der Waals surface area contributed by atoms with Crippen LogP contribution in [0.25, 0.3) is 0 Å². The van der Waals surface area contributed by atoms with Crippen LogP contribution in [0.4, 0.5) is 0 Å². The van der Waals surface area contributed by atoms with E-state index in [1.807, 2.05) is 6.92 Å². The van der Waals surface area contributed by atoms with Gasteiger partial charge in [0, 0.05) is 24.3 Å². The van der Waals surface area contributed by atoms with E-state index in [2.05, 4.69) is 10.3 Å². The molecule has 2 heterocycles. The van der Waals surface area contributed by atoms with Crippen LogP contribution in [-0.4, -0.2) is 54.0 Å². The number of nitrogens with one attached hydrogen (secondary N) is 1. The van der Waals surface area contributed by atoms with E-state index in [-0.39, 0.29) is 24.1 Å². The number of carbonyl (C=O) groups excluding carboxylic acids is 2. The Morgan fingerprint density at radius 3 is 3.10 bits per heavy atom. The van der Waals surface area contributed by atoms with Gasteiger partial charge in [0.1, 0.15) is 11.7 Å². The van der Waals surface area contributed by atoms with Crippen molar-refractivity contribution in [1.29, 1.82) is 0 Å². The second-order valence-electron chi connectivity index (χ2n) is 4.34. The van der Waals surface area contributed by atoms with Crippen molar-refractivity contribution in [2.75, 3.05) is 26.3 Å². The third-order valence-corrected chi connectivity index (χ3v) is 3.22. The molecular weight excluding hydrogens is 282 g/mol. The Hall–Kier alpha value is -1.66. The molecule has 20 heavy (non-hydrogen) atoms. The second kappa shape index (κ2) is 6.67. The minimum Gasteiger partial charge on any atom is -0.377 e. The molecule has 7 heteroatoms. The minimum atomic E-state index is -0.628. The number of pyridine rings is 1. The van der Waals surface area contributed by atoms with Gasteiger partial charge in [0.05, 0.1) is 13.2 Å². The number of likely N-dealkylation sites (N-methyl/N-ethyl adjacent to an activating group) is 1. The molecule has 1 aromatic heterocycles. The molecule has 1 saturated heterocycles. The molecular formula is C13H16ClN3O3. The van der Waals surface area contributed by atoms with Gasteiger partial charge in [0.25, 0.3) is 5.91 Å². The van der Waals surface area contributed by atoms with Crippen LogP contribution in [0, 0.1) is 0 Å².